The van der Waals surface area contributed by atoms with Crippen molar-refractivity contribution in [3.05, 3.63) is 0 Å². The van der Waals surface area contributed by atoms with Crippen molar-refractivity contribution in [3.63, 3.8) is 0 Å². The smallest absolute Gasteiger partial charge is 0.477 e. The van der Waals surface area contributed by atoms with E-state index in [-0.39, 0.29) is 35.3 Å². The summed E-state index contributed by atoms with van der Waals surface area (Å²) in [5.74, 6) is -0.927. The zero-order chi connectivity index (χ0) is 9.68. The van der Waals surface area contributed by atoms with Crippen LogP contribution in [0.3, 0.4) is 0 Å². The maximum absolute atomic E-state index is 10.5. The Morgan fingerprint density at radius 3 is 2.14 bits per heavy atom. The predicted octanol–water partition coefficient (Wildman–Crippen LogP) is -1.67. The van der Waals surface area contributed by atoms with Gasteiger partial charge in [-0.15, -0.1) is 0 Å². The van der Waals surface area contributed by atoms with Crippen LogP contribution in [0.2, 0.25) is 0 Å². The van der Waals surface area contributed by atoms with Crippen molar-refractivity contribution in [2.75, 3.05) is 13.1 Å². The molecule has 74 valence electrons. The molecule has 1 rings (SSSR count). The number of rotatable bonds is 2. The molecule has 14 heavy (non-hydrogen) atoms. The Bertz CT molecular complexity index is 211. The van der Waals surface area contributed by atoms with Crippen molar-refractivity contribution in [3.8, 4) is 0 Å². The molecule has 0 unspecified atom stereocenters. The molecule has 4 nitrogen and oxygen atoms in total. The Morgan fingerprint density at radius 2 is 1.71 bits per heavy atom. The molecule has 1 fully saturated rings. The van der Waals surface area contributed by atoms with Crippen molar-refractivity contribution in [1.82, 2.24) is 5.01 Å². The number of nitrogens with zero attached hydrogens (tertiary/aromatic N) is 2. The molecular formula is C9H16N2NaO2+. The molecule has 1 N–H and O–H groups in total. The molecule has 0 atom stereocenters. The summed E-state index contributed by atoms with van der Waals surface area (Å²) in [6.45, 7) is 3.32. The number of carbonyl (C=O) groups is 1. The molecule has 1 aliphatic heterocycles. The molecule has 1 aliphatic rings. The average molecular weight is 207 g/mol. The fourth-order valence-electron chi connectivity index (χ4n) is 1.41. The first kappa shape index (κ1) is 13.9. The van der Waals surface area contributed by atoms with Gasteiger partial charge >= 0.3 is 35.5 Å². The summed E-state index contributed by atoms with van der Waals surface area (Å²) in [4.78, 5) is 10.5. The molecule has 0 bridgehead atoms. The summed E-state index contributed by atoms with van der Waals surface area (Å²) in [5.41, 5.74) is 0.182. The number of carboxylic acids is 1. The summed E-state index contributed by atoms with van der Waals surface area (Å²) in [6, 6.07) is 0. The summed E-state index contributed by atoms with van der Waals surface area (Å²) >= 11 is 0. The fourth-order valence-corrected chi connectivity index (χ4v) is 1.41. The molecule has 0 spiro atoms. The first-order valence-electron chi connectivity index (χ1n) is 4.73. The molecule has 0 saturated carbocycles. The maximum Gasteiger partial charge on any atom is 1.00 e. The first-order chi connectivity index (χ1) is 6.20. The topological polar surface area (TPSA) is 52.9 Å². The van der Waals surface area contributed by atoms with Gasteiger partial charge in [0.15, 0.2) is 0 Å². The van der Waals surface area contributed by atoms with Gasteiger partial charge in [0.1, 0.15) is 5.71 Å². The Balaban J connectivity index is 0.00000169. The summed E-state index contributed by atoms with van der Waals surface area (Å²) < 4.78 is 0. The fraction of sp³-hybridized carbons (Fsp3) is 0.778. The SMILES string of the molecule is C/C(=N\N1CCCCCC1)C(=O)O.[Na+]. The molecule has 5 heteroatoms. The van der Waals surface area contributed by atoms with Gasteiger partial charge in [0.2, 0.25) is 0 Å². The average Bonchev–Trinajstić information content (AvgIpc) is 2.32. The normalized spacial score (nSPS) is 18.4. The molecule has 1 heterocycles. The van der Waals surface area contributed by atoms with Gasteiger partial charge in [-0.2, -0.15) is 5.10 Å². The van der Waals surface area contributed by atoms with E-state index in [9.17, 15) is 4.79 Å². The third-order valence-corrected chi connectivity index (χ3v) is 2.18. The minimum atomic E-state index is -0.927. The van der Waals surface area contributed by atoms with Crippen LogP contribution in [-0.4, -0.2) is 34.9 Å². The maximum atomic E-state index is 10.5. The zero-order valence-electron chi connectivity index (χ0n) is 8.99. The Labute approximate surface area is 107 Å². The van der Waals surface area contributed by atoms with E-state index in [4.69, 9.17) is 5.11 Å². The summed E-state index contributed by atoms with van der Waals surface area (Å²) in [6.07, 6.45) is 4.71. The Kier molecular flexibility index (Phi) is 7.23. The molecule has 0 aromatic heterocycles. The minimum absolute atomic E-state index is 0. The van der Waals surface area contributed by atoms with Crippen molar-refractivity contribution in [1.29, 1.82) is 0 Å². The van der Waals surface area contributed by atoms with Crippen LogP contribution in [0.5, 0.6) is 0 Å². The molecule has 0 aliphatic carbocycles. The molecule has 0 aromatic carbocycles. The van der Waals surface area contributed by atoms with Crippen LogP contribution in [0, 0.1) is 0 Å². The van der Waals surface area contributed by atoms with Gasteiger partial charge in [-0.1, -0.05) is 12.8 Å². The standard InChI is InChI=1S/C9H16N2O2.Na/c1-8(9(12)13)10-11-6-4-2-3-5-7-11;/h2-7H2,1H3,(H,12,13);/q;+1/b10-8+;. The molecule has 1 saturated heterocycles. The van der Waals surface area contributed by atoms with E-state index >= 15 is 0 Å². The number of hydrogen-bond donors (Lipinski definition) is 1. The Morgan fingerprint density at radius 1 is 1.21 bits per heavy atom. The van der Waals surface area contributed by atoms with Gasteiger partial charge in [-0.3, -0.25) is 5.01 Å². The van der Waals surface area contributed by atoms with Crippen molar-refractivity contribution in [2.24, 2.45) is 5.10 Å². The number of hydrogen-bond acceptors (Lipinski definition) is 3. The monoisotopic (exact) mass is 207 g/mol. The molecule has 0 radical (unpaired) electrons. The van der Waals surface area contributed by atoms with Crippen molar-refractivity contribution >= 4 is 11.7 Å². The van der Waals surface area contributed by atoms with Crippen LogP contribution in [0.15, 0.2) is 5.10 Å². The van der Waals surface area contributed by atoms with Gasteiger partial charge < -0.3 is 5.11 Å². The third kappa shape index (κ3) is 4.98. The van der Waals surface area contributed by atoms with Crippen molar-refractivity contribution in [2.45, 2.75) is 32.6 Å². The second kappa shape index (κ2) is 7.26. The van der Waals surface area contributed by atoms with E-state index in [0.717, 1.165) is 25.9 Å². The number of carboxylic acid groups (broad SMARTS) is 1. The van der Waals surface area contributed by atoms with Gasteiger partial charge in [0, 0.05) is 13.1 Å². The predicted molar refractivity (Wildman–Crippen MR) is 50.8 cm³/mol. The first-order valence-corrected chi connectivity index (χ1v) is 4.73. The van der Waals surface area contributed by atoms with Gasteiger partial charge in [0.05, 0.1) is 0 Å². The van der Waals surface area contributed by atoms with Crippen LogP contribution < -0.4 is 29.6 Å². The van der Waals surface area contributed by atoms with Gasteiger partial charge in [-0.25, -0.2) is 4.79 Å². The van der Waals surface area contributed by atoms with Crippen LogP contribution in [0.25, 0.3) is 0 Å². The second-order valence-corrected chi connectivity index (χ2v) is 3.36. The Hall–Kier alpha value is -0.0600. The molecular weight excluding hydrogens is 191 g/mol. The van der Waals surface area contributed by atoms with E-state index < -0.39 is 5.97 Å². The summed E-state index contributed by atoms with van der Waals surface area (Å²) in [7, 11) is 0. The van der Waals surface area contributed by atoms with E-state index in [2.05, 4.69) is 5.10 Å². The van der Waals surface area contributed by atoms with E-state index in [0.29, 0.717) is 0 Å². The van der Waals surface area contributed by atoms with Crippen LogP contribution >= 0.6 is 0 Å². The third-order valence-electron chi connectivity index (χ3n) is 2.18. The minimum Gasteiger partial charge on any atom is -0.477 e. The van der Waals surface area contributed by atoms with Crippen LogP contribution in [0.4, 0.5) is 0 Å². The van der Waals surface area contributed by atoms with Gasteiger partial charge in [0.25, 0.3) is 0 Å². The van der Waals surface area contributed by atoms with E-state index in [1.54, 1.807) is 0 Å². The molecule has 0 aromatic rings. The number of aliphatic carboxylic acids is 1. The van der Waals surface area contributed by atoms with Crippen molar-refractivity contribution < 1.29 is 39.5 Å². The molecule has 0 amide bonds. The number of hydrazone groups is 1. The van der Waals surface area contributed by atoms with Crippen LogP contribution in [0.1, 0.15) is 32.6 Å². The second-order valence-electron chi connectivity index (χ2n) is 3.36. The van der Waals surface area contributed by atoms with Gasteiger partial charge in [-0.05, 0) is 19.8 Å². The summed E-state index contributed by atoms with van der Waals surface area (Å²) in [5, 5.41) is 14.5. The quantitative estimate of drug-likeness (QED) is 0.435. The largest absolute Gasteiger partial charge is 1.00 e. The van der Waals surface area contributed by atoms with Crippen LogP contribution in [-0.2, 0) is 4.79 Å². The van der Waals surface area contributed by atoms with E-state index in [1.165, 1.54) is 19.8 Å². The zero-order valence-corrected chi connectivity index (χ0v) is 11.0. The van der Waals surface area contributed by atoms with E-state index in [1.807, 2.05) is 5.01 Å².